The van der Waals surface area contributed by atoms with Gasteiger partial charge in [0.1, 0.15) is 5.75 Å². The number of nitrogens with zero attached hydrogens (tertiary/aromatic N) is 2. The smallest absolute Gasteiger partial charge is 0.284 e. The third-order valence-corrected chi connectivity index (χ3v) is 3.51. The standard InChI is InChI=1S/C18H23F2N3O2/c1-11(2)9-23-10-15(16(22-23)17(19)20)21-18(24)13(4)25-14-7-5-12(3)6-8-14/h5-8,10-11,13,17H,9H2,1-4H3,(H,21,24). The van der Waals surface area contributed by atoms with E-state index in [0.717, 1.165) is 5.56 Å². The Kier molecular flexibility index (Phi) is 6.12. The zero-order valence-corrected chi connectivity index (χ0v) is 14.8. The fourth-order valence-electron chi connectivity index (χ4n) is 2.27. The molecule has 136 valence electrons. The second kappa shape index (κ2) is 8.09. The molecule has 1 atom stereocenters. The molecule has 0 bridgehead atoms. The maximum Gasteiger partial charge on any atom is 0.284 e. The number of ether oxygens (including phenoxy) is 1. The van der Waals surface area contributed by atoms with Crippen molar-refractivity contribution in [3.8, 4) is 5.75 Å². The first-order valence-corrected chi connectivity index (χ1v) is 8.16. The van der Waals surface area contributed by atoms with Crippen LogP contribution in [0.15, 0.2) is 30.5 Å². The van der Waals surface area contributed by atoms with Crippen LogP contribution in [0, 0.1) is 12.8 Å². The summed E-state index contributed by atoms with van der Waals surface area (Å²) >= 11 is 0. The molecule has 1 amide bonds. The molecule has 1 unspecified atom stereocenters. The lowest BCUT2D eigenvalue weighted by atomic mass is 10.2. The van der Waals surface area contributed by atoms with Gasteiger partial charge in [-0.15, -0.1) is 0 Å². The molecule has 0 aliphatic carbocycles. The minimum Gasteiger partial charge on any atom is -0.481 e. The van der Waals surface area contributed by atoms with Crippen molar-refractivity contribution in [3.05, 3.63) is 41.7 Å². The van der Waals surface area contributed by atoms with Gasteiger partial charge >= 0.3 is 0 Å². The maximum atomic E-state index is 13.2. The van der Waals surface area contributed by atoms with Gasteiger partial charge in [0.15, 0.2) is 11.8 Å². The Balaban J connectivity index is 2.07. The Morgan fingerprint density at radius 3 is 2.44 bits per heavy atom. The van der Waals surface area contributed by atoms with Gasteiger partial charge in [-0.25, -0.2) is 8.78 Å². The van der Waals surface area contributed by atoms with Gasteiger partial charge in [0.2, 0.25) is 0 Å². The molecule has 0 spiro atoms. The highest BCUT2D eigenvalue weighted by Gasteiger charge is 2.23. The molecule has 1 aromatic heterocycles. The van der Waals surface area contributed by atoms with Gasteiger partial charge in [-0.1, -0.05) is 31.5 Å². The lowest BCUT2D eigenvalue weighted by Gasteiger charge is -2.14. The molecule has 1 heterocycles. The number of aryl methyl sites for hydroxylation is 1. The SMILES string of the molecule is Cc1ccc(OC(C)C(=O)Nc2cn(CC(C)C)nc2C(F)F)cc1. The molecule has 0 aliphatic heterocycles. The number of carbonyl (C=O) groups is 1. The van der Waals surface area contributed by atoms with Crippen LogP contribution in [-0.2, 0) is 11.3 Å². The van der Waals surface area contributed by atoms with Gasteiger partial charge < -0.3 is 10.1 Å². The summed E-state index contributed by atoms with van der Waals surface area (Å²) in [6.45, 7) is 7.92. The van der Waals surface area contributed by atoms with Crippen LogP contribution in [0.2, 0.25) is 0 Å². The van der Waals surface area contributed by atoms with Crippen LogP contribution in [0.3, 0.4) is 0 Å². The molecule has 0 fully saturated rings. The summed E-state index contributed by atoms with van der Waals surface area (Å²) in [5.74, 6) is 0.280. The van der Waals surface area contributed by atoms with Crippen molar-refractivity contribution < 1.29 is 18.3 Å². The van der Waals surface area contributed by atoms with Gasteiger partial charge in [-0.05, 0) is 31.9 Å². The predicted octanol–water partition coefficient (Wildman–Crippen LogP) is 4.19. The molecule has 25 heavy (non-hydrogen) atoms. The number of hydrogen-bond donors (Lipinski definition) is 1. The van der Waals surface area contributed by atoms with Crippen molar-refractivity contribution in [1.29, 1.82) is 0 Å². The Hall–Kier alpha value is -2.44. The number of amides is 1. The highest BCUT2D eigenvalue weighted by Crippen LogP contribution is 2.26. The van der Waals surface area contributed by atoms with Crippen molar-refractivity contribution in [3.63, 3.8) is 0 Å². The summed E-state index contributed by atoms with van der Waals surface area (Å²) in [7, 11) is 0. The van der Waals surface area contributed by atoms with Crippen molar-refractivity contribution >= 4 is 11.6 Å². The van der Waals surface area contributed by atoms with Crippen LogP contribution >= 0.6 is 0 Å². The van der Waals surface area contributed by atoms with Crippen LogP contribution in [0.4, 0.5) is 14.5 Å². The Bertz CT molecular complexity index is 712. The summed E-state index contributed by atoms with van der Waals surface area (Å²) in [6, 6.07) is 7.24. The molecule has 0 radical (unpaired) electrons. The number of alkyl halides is 2. The zero-order valence-electron chi connectivity index (χ0n) is 14.8. The molecule has 5 nitrogen and oxygen atoms in total. The lowest BCUT2D eigenvalue weighted by molar-refractivity contribution is -0.122. The first-order valence-electron chi connectivity index (χ1n) is 8.16. The number of anilines is 1. The highest BCUT2D eigenvalue weighted by molar-refractivity contribution is 5.94. The zero-order chi connectivity index (χ0) is 18.6. The van der Waals surface area contributed by atoms with Gasteiger partial charge in [-0.2, -0.15) is 5.10 Å². The number of nitrogens with one attached hydrogen (secondary N) is 1. The monoisotopic (exact) mass is 351 g/mol. The Morgan fingerprint density at radius 1 is 1.24 bits per heavy atom. The Morgan fingerprint density at radius 2 is 1.88 bits per heavy atom. The summed E-state index contributed by atoms with van der Waals surface area (Å²) < 4.78 is 33.3. The van der Waals surface area contributed by atoms with Crippen molar-refractivity contribution in [1.82, 2.24) is 9.78 Å². The lowest BCUT2D eigenvalue weighted by Crippen LogP contribution is -2.30. The summed E-state index contributed by atoms with van der Waals surface area (Å²) in [5.41, 5.74) is 0.653. The normalized spacial score (nSPS) is 12.5. The van der Waals surface area contributed by atoms with Crippen LogP contribution < -0.4 is 10.1 Å². The van der Waals surface area contributed by atoms with Gasteiger partial charge in [0, 0.05) is 12.7 Å². The highest BCUT2D eigenvalue weighted by atomic mass is 19.3. The third kappa shape index (κ3) is 5.27. The summed E-state index contributed by atoms with van der Waals surface area (Å²) in [5, 5.41) is 6.36. The summed E-state index contributed by atoms with van der Waals surface area (Å²) in [4.78, 5) is 12.3. The van der Waals surface area contributed by atoms with Crippen LogP contribution in [0.5, 0.6) is 5.75 Å². The first kappa shape index (κ1) is 18.9. The van der Waals surface area contributed by atoms with Crippen molar-refractivity contribution in [2.75, 3.05) is 5.32 Å². The number of aromatic nitrogens is 2. The van der Waals surface area contributed by atoms with E-state index in [1.54, 1.807) is 19.1 Å². The largest absolute Gasteiger partial charge is 0.481 e. The fraction of sp³-hybridized carbons (Fsp3) is 0.444. The van der Waals surface area contributed by atoms with Gasteiger partial charge in [0.25, 0.3) is 12.3 Å². The third-order valence-electron chi connectivity index (χ3n) is 3.51. The molecular formula is C18H23F2N3O2. The quantitative estimate of drug-likeness (QED) is 0.814. The maximum absolute atomic E-state index is 13.2. The number of halogens is 2. The van der Waals surface area contributed by atoms with Crippen LogP contribution in [0.1, 0.15) is 38.5 Å². The molecule has 2 rings (SSSR count). The number of benzene rings is 1. The molecular weight excluding hydrogens is 328 g/mol. The van der Waals surface area contributed by atoms with E-state index < -0.39 is 24.1 Å². The fourth-order valence-corrected chi connectivity index (χ4v) is 2.27. The average Bonchev–Trinajstić information content (AvgIpc) is 2.91. The van der Waals surface area contributed by atoms with Crippen LogP contribution in [0.25, 0.3) is 0 Å². The minimum absolute atomic E-state index is 0.0139. The van der Waals surface area contributed by atoms with E-state index in [1.807, 2.05) is 32.9 Å². The van der Waals surface area contributed by atoms with E-state index in [0.29, 0.717) is 12.3 Å². The van der Waals surface area contributed by atoms with Crippen molar-refractivity contribution in [2.24, 2.45) is 5.92 Å². The van der Waals surface area contributed by atoms with E-state index in [9.17, 15) is 13.6 Å². The van der Waals surface area contributed by atoms with E-state index in [1.165, 1.54) is 10.9 Å². The molecule has 0 saturated carbocycles. The molecule has 1 aromatic carbocycles. The van der Waals surface area contributed by atoms with Crippen LogP contribution in [-0.4, -0.2) is 21.8 Å². The minimum atomic E-state index is -2.77. The number of hydrogen-bond acceptors (Lipinski definition) is 3. The summed E-state index contributed by atoms with van der Waals surface area (Å²) in [6.07, 6.45) is -2.17. The average molecular weight is 351 g/mol. The van der Waals surface area contributed by atoms with E-state index in [4.69, 9.17) is 4.74 Å². The topological polar surface area (TPSA) is 56.1 Å². The number of rotatable bonds is 7. The predicted molar refractivity (Wildman–Crippen MR) is 91.9 cm³/mol. The first-order chi connectivity index (χ1) is 11.8. The van der Waals surface area contributed by atoms with E-state index in [-0.39, 0.29) is 11.6 Å². The Labute approximate surface area is 146 Å². The molecule has 7 heteroatoms. The molecule has 0 saturated heterocycles. The molecule has 0 aliphatic rings. The number of carbonyl (C=O) groups excluding carboxylic acids is 1. The molecule has 1 N–H and O–H groups in total. The van der Waals surface area contributed by atoms with Crippen molar-refractivity contribution in [2.45, 2.75) is 46.8 Å². The molecule has 2 aromatic rings. The second-order valence-corrected chi connectivity index (χ2v) is 6.41. The van der Waals surface area contributed by atoms with E-state index >= 15 is 0 Å². The van der Waals surface area contributed by atoms with E-state index in [2.05, 4.69) is 10.4 Å². The second-order valence-electron chi connectivity index (χ2n) is 6.41. The van der Waals surface area contributed by atoms with Gasteiger partial charge in [0.05, 0.1) is 5.69 Å². The van der Waals surface area contributed by atoms with Gasteiger partial charge in [-0.3, -0.25) is 9.48 Å².